The molecule has 0 aromatic carbocycles. The maximum atomic E-state index is 12.4. The largest absolute Gasteiger partial charge is 0.481 e. The Morgan fingerprint density at radius 2 is 2.15 bits per heavy atom. The average Bonchev–Trinajstić information content (AvgIpc) is 2.79. The molecular weight excluding hydrogens is 278 g/mol. The fraction of sp³-hybridized carbons (Fsp3) is 0.462. The standard InChI is InChI=1S/C13H15N3O3S/c14-16-9(5-6-10(17)18)15-12-11(13(16)19)7-3-1-2-4-8(7)20-12/h1-6,14H2,(H,17,18). The summed E-state index contributed by atoms with van der Waals surface area (Å²) in [7, 11) is 0. The van der Waals surface area contributed by atoms with E-state index in [4.69, 9.17) is 10.9 Å². The monoisotopic (exact) mass is 293 g/mol. The molecule has 2 aromatic rings. The van der Waals surface area contributed by atoms with Crippen molar-refractivity contribution in [3.05, 3.63) is 26.6 Å². The SMILES string of the molecule is Nn1c(CCC(=O)O)nc2sc3c(c2c1=O)CCCC3. The van der Waals surface area contributed by atoms with Crippen molar-refractivity contribution in [3.63, 3.8) is 0 Å². The quantitative estimate of drug-likeness (QED) is 0.825. The number of hydrogen-bond donors (Lipinski definition) is 2. The van der Waals surface area contributed by atoms with Crippen molar-refractivity contribution >= 4 is 27.5 Å². The van der Waals surface area contributed by atoms with E-state index in [2.05, 4.69) is 4.98 Å². The molecule has 0 unspecified atom stereocenters. The third kappa shape index (κ3) is 2.07. The molecule has 0 fully saturated rings. The highest BCUT2D eigenvalue weighted by molar-refractivity contribution is 7.18. The molecule has 106 valence electrons. The van der Waals surface area contributed by atoms with Gasteiger partial charge in [-0.1, -0.05) is 0 Å². The van der Waals surface area contributed by atoms with Crippen LogP contribution in [0.3, 0.4) is 0 Å². The molecule has 0 spiro atoms. The first-order chi connectivity index (χ1) is 9.58. The first-order valence-electron chi connectivity index (χ1n) is 6.61. The number of nitrogen functional groups attached to an aromatic ring is 1. The van der Waals surface area contributed by atoms with E-state index in [1.807, 2.05) is 0 Å². The molecule has 6 nitrogen and oxygen atoms in total. The second kappa shape index (κ2) is 4.90. The summed E-state index contributed by atoms with van der Waals surface area (Å²) in [6.07, 6.45) is 4.21. The van der Waals surface area contributed by atoms with Crippen molar-refractivity contribution in [1.29, 1.82) is 0 Å². The maximum absolute atomic E-state index is 12.4. The van der Waals surface area contributed by atoms with E-state index in [1.165, 1.54) is 4.88 Å². The molecule has 0 bridgehead atoms. The summed E-state index contributed by atoms with van der Waals surface area (Å²) in [5.74, 6) is 5.19. The zero-order valence-corrected chi connectivity index (χ0v) is 11.7. The van der Waals surface area contributed by atoms with Crippen LogP contribution in [0.2, 0.25) is 0 Å². The lowest BCUT2D eigenvalue weighted by molar-refractivity contribution is -0.137. The van der Waals surface area contributed by atoms with Crippen LogP contribution in [0.5, 0.6) is 0 Å². The van der Waals surface area contributed by atoms with Gasteiger partial charge in [-0.15, -0.1) is 11.3 Å². The number of nitrogens with zero attached hydrogens (tertiary/aromatic N) is 2. The van der Waals surface area contributed by atoms with Crippen molar-refractivity contribution < 1.29 is 9.90 Å². The molecule has 20 heavy (non-hydrogen) atoms. The highest BCUT2D eigenvalue weighted by Crippen LogP contribution is 2.33. The summed E-state index contributed by atoms with van der Waals surface area (Å²) >= 11 is 1.54. The van der Waals surface area contributed by atoms with Crippen molar-refractivity contribution in [2.45, 2.75) is 38.5 Å². The van der Waals surface area contributed by atoms with Gasteiger partial charge in [-0.2, -0.15) is 0 Å². The van der Waals surface area contributed by atoms with E-state index in [1.54, 1.807) is 11.3 Å². The van der Waals surface area contributed by atoms with Crippen LogP contribution < -0.4 is 11.4 Å². The molecule has 3 N–H and O–H groups in total. The van der Waals surface area contributed by atoms with Crippen LogP contribution in [-0.2, 0) is 24.1 Å². The lowest BCUT2D eigenvalue weighted by Gasteiger charge is -2.10. The van der Waals surface area contributed by atoms with Gasteiger partial charge < -0.3 is 10.9 Å². The minimum absolute atomic E-state index is 0.0831. The van der Waals surface area contributed by atoms with Crippen molar-refractivity contribution in [3.8, 4) is 0 Å². The molecule has 2 heterocycles. The van der Waals surface area contributed by atoms with Crippen LogP contribution in [0.4, 0.5) is 0 Å². The van der Waals surface area contributed by atoms with E-state index in [0.29, 0.717) is 16.0 Å². The lowest BCUT2D eigenvalue weighted by Crippen LogP contribution is -2.32. The molecule has 3 rings (SSSR count). The number of hydrogen-bond acceptors (Lipinski definition) is 5. The van der Waals surface area contributed by atoms with Crippen LogP contribution in [0, 0.1) is 0 Å². The Morgan fingerprint density at radius 3 is 2.90 bits per heavy atom. The second-order valence-electron chi connectivity index (χ2n) is 4.99. The Balaban J connectivity index is 2.14. The number of fused-ring (bicyclic) bond motifs is 3. The van der Waals surface area contributed by atoms with Gasteiger partial charge in [0, 0.05) is 11.3 Å². The molecule has 0 saturated carbocycles. The minimum atomic E-state index is -0.926. The van der Waals surface area contributed by atoms with Gasteiger partial charge in [0.05, 0.1) is 11.8 Å². The normalized spacial score (nSPS) is 14.4. The summed E-state index contributed by atoms with van der Waals surface area (Å²) < 4.78 is 1.01. The molecule has 0 aliphatic heterocycles. The predicted molar refractivity (Wildman–Crippen MR) is 76.6 cm³/mol. The molecule has 0 amide bonds. The number of carbonyl (C=O) groups is 1. The Labute approximate surface area is 118 Å². The fourth-order valence-electron chi connectivity index (χ4n) is 2.65. The van der Waals surface area contributed by atoms with Gasteiger partial charge in [-0.25, -0.2) is 9.66 Å². The third-order valence-electron chi connectivity index (χ3n) is 3.66. The van der Waals surface area contributed by atoms with E-state index in [0.717, 1.165) is 35.9 Å². The van der Waals surface area contributed by atoms with Gasteiger partial charge in [0.2, 0.25) is 0 Å². The maximum Gasteiger partial charge on any atom is 0.303 e. The highest BCUT2D eigenvalue weighted by atomic mass is 32.1. The Kier molecular flexibility index (Phi) is 3.21. The summed E-state index contributed by atoms with van der Waals surface area (Å²) in [5, 5.41) is 9.36. The number of aryl methyl sites for hydroxylation is 3. The third-order valence-corrected chi connectivity index (χ3v) is 4.84. The topological polar surface area (TPSA) is 98.2 Å². The number of nitrogens with two attached hydrogens (primary N) is 1. The molecule has 7 heteroatoms. The minimum Gasteiger partial charge on any atom is -0.481 e. The zero-order valence-electron chi connectivity index (χ0n) is 10.9. The highest BCUT2D eigenvalue weighted by Gasteiger charge is 2.21. The fourth-order valence-corrected chi connectivity index (χ4v) is 3.93. The van der Waals surface area contributed by atoms with Crippen LogP contribution in [0.1, 0.15) is 35.5 Å². The average molecular weight is 293 g/mol. The molecule has 1 aliphatic rings. The number of rotatable bonds is 3. The van der Waals surface area contributed by atoms with Gasteiger partial charge in [0.25, 0.3) is 5.56 Å². The van der Waals surface area contributed by atoms with Crippen LogP contribution in [-0.4, -0.2) is 20.7 Å². The molecule has 0 radical (unpaired) electrons. The predicted octanol–water partition coefficient (Wildman–Crippen LogP) is 1.07. The molecule has 2 aromatic heterocycles. The van der Waals surface area contributed by atoms with Crippen molar-refractivity contribution in [2.24, 2.45) is 0 Å². The summed E-state index contributed by atoms with van der Waals surface area (Å²) in [4.78, 5) is 29.4. The number of carboxylic acids is 1. The van der Waals surface area contributed by atoms with Gasteiger partial charge in [0.1, 0.15) is 10.7 Å². The zero-order chi connectivity index (χ0) is 14.3. The number of carboxylic acid groups (broad SMARTS) is 1. The van der Waals surface area contributed by atoms with Gasteiger partial charge in [0.15, 0.2) is 0 Å². The van der Waals surface area contributed by atoms with Crippen LogP contribution in [0.25, 0.3) is 10.2 Å². The summed E-state index contributed by atoms with van der Waals surface area (Å²) in [6.45, 7) is 0. The molecule has 0 saturated heterocycles. The van der Waals surface area contributed by atoms with Crippen molar-refractivity contribution in [1.82, 2.24) is 9.66 Å². The Morgan fingerprint density at radius 1 is 1.40 bits per heavy atom. The number of aromatic nitrogens is 2. The van der Waals surface area contributed by atoms with Crippen LogP contribution in [0.15, 0.2) is 4.79 Å². The van der Waals surface area contributed by atoms with E-state index < -0.39 is 5.97 Å². The summed E-state index contributed by atoms with van der Waals surface area (Å²) in [6, 6.07) is 0. The summed E-state index contributed by atoms with van der Waals surface area (Å²) in [5.41, 5.74) is 0.840. The van der Waals surface area contributed by atoms with Gasteiger partial charge in [-0.05, 0) is 31.2 Å². The lowest BCUT2D eigenvalue weighted by atomic mass is 9.97. The molecule has 0 atom stereocenters. The van der Waals surface area contributed by atoms with Crippen LogP contribution >= 0.6 is 11.3 Å². The number of thiophene rings is 1. The van der Waals surface area contributed by atoms with E-state index in [-0.39, 0.29) is 18.4 Å². The smallest absolute Gasteiger partial charge is 0.303 e. The van der Waals surface area contributed by atoms with Gasteiger partial charge >= 0.3 is 5.97 Å². The van der Waals surface area contributed by atoms with E-state index in [9.17, 15) is 9.59 Å². The Bertz CT molecular complexity index is 747. The molecule has 1 aliphatic carbocycles. The first-order valence-corrected chi connectivity index (χ1v) is 7.42. The first kappa shape index (κ1) is 13.1. The van der Waals surface area contributed by atoms with Gasteiger partial charge in [-0.3, -0.25) is 9.59 Å². The van der Waals surface area contributed by atoms with E-state index >= 15 is 0 Å². The Hall–Kier alpha value is -1.89. The molecular formula is C13H15N3O3S. The second-order valence-corrected chi connectivity index (χ2v) is 6.07. The van der Waals surface area contributed by atoms with Crippen molar-refractivity contribution in [2.75, 3.05) is 5.84 Å². The number of aliphatic carboxylic acids is 1.